The van der Waals surface area contributed by atoms with Gasteiger partial charge in [-0.3, -0.25) is 0 Å². The van der Waals surface area contributed by atoms with Crippen LogP contribution in [0, 0.1) is 5.82 Å². The van der Waals surface area contributed by atoms with Crippen molar-refractivity contribution in [3.63, 3.8) is 0 Å². The van der Waals surface area contributed by atoms with Crippen molar-refractivity contribution in [2.24, 2.45) is 5.73 Å². The molecule has 32 heavy (non-hydrogen) atoms. The number of aromatic nitrogens is 3. The van der Waals surface area contributed by atoms with Gasteiger partial charge in [-0.25, -0.2) is 14.2 Å². The van der Waals surface area contributed by atoms with Crippen molar-refractivity contribution in [2.75, 3.05) is 10.6 Å². The number of carbonyl (C=O) groups is 1. The second-order valence-electron chi connectivity index (χ2n) is 7.49. The van der Waals surface area contributed by atoms with E-state index in [1.54, 1.807) is 12.3 Å². The second-order valence-corrected chi connectivity index (χ2v) is 7.49. The van der Waals surface area contributed by atoms with E-state index in [-0.39, 0.29) is 12.2 Å². The number of rotatable bonds is 5. The number of amides is 2. The molecule has 0 saturated heterocycles. The highest BCUT2D eigenvalue weighted by atomic mass is 19.1. The topological polar surface area (TPSA) is 101 Å². The molecule has 0 saturated carbocycles. The van der Waals surface area contributed by atoms with Crippen LogP contribution in [-0.4, -0.2) is 20.6 Å². The fraction of sp³-hybridized carbons (Fsp3) is 0.0833. The third kappa shape index (κ3) is 3.67. The molecule has 3 heterocycles. The number of fused-ring (bicyclic) bond motifs is 2. The SMILES string of the molecule is NCc1ccc(F)c(NC(=O)Nc2cccc3c2ccn3Cc2ccnc3[nH]ccc23)c1. The van der Waals surface area contributed by atoms with Gasteiger partial charge in [0.15, 0.2) is 0 Å². The normalized spacial score (nSPS) is 11.2. The fourth-order valence-corrected chi connectivity index (χ4v) is 3.88. The van der Waals surface area contributed by atoms with Crippen LogP contribution >= 0.6 is 0 Å². The standard InChI is InChI=1S/C24H21FN6O/c25-19-5-4-15(13-26)12-21(19)30-24(32)29-20-2-1-3-22-18(20)8-11-31(22)14-16-6-9-27-23-17(16)7-10-28-23/h1-12H,13-14,26H2,(H,27,28)(H2,29,30,32). The number of hydrogen-bond donors (Lipinski definition) is 4. The van der Waals surface area contributed by atoms with Crippen molar-refractivity contribution in [3.05, 3.63) is 90.1 Å². The molecule has 0 aliphatic rings. The summed E-state index contributed by atoms with van der Waals surface area (Å²) in [5, 5.41) is 7.35. The number of anilines is 2. The lowest BCUT2D eigenvalue weighted by Gasteiger charge is -2.11. The average molecular weight is 428 g/mol. The Bertz CT molecular complexity index is 1440. The lowest BCUT2D eigenvalue weighted by molar-refractivity contribution is 0.262. The van der Waals surface area contributed by atoms with Crippen molar-refractivity contribution in [1.29, 1.82) is 0 Å². The van der Waals surface area contributed by atoms with E-state index in [2.05, 4.69) is 25.2 Å². The summed E-state index contributed by atoms with van der Waals surface area (Å²) in [7, 11) is 0. The lowest BCUT2D eigenvalue weighted by Crippen LogP contribution is -2.20. The number of nitrogens with two attached hydrogens (primary N) is 1. The number of aromatic amines is 1. The minimum absolute atomic E-state index is 0.0865. The number of nitrogens with one attached hydrogen (secondary N) is 3. The third-order valence-electron chi connectivity index (χ3n) is 5.47. The van der Waals surface area contributed by atoms with E-state index in [1.165, 1.54) is 12.1 Å². The molecule has 7 nitrogen and oxygen atoms in total. The first-order valence-corrected chi connectivity index (χ1v) is 10.2. The summed E-state index contributed by atoms with van der Waals surface area (Å²) in [5.41, 5.74) is 10.0. The van der Waals surface area contributed by atoms with Crippen LogP contribution in [0.1, 0.15) is 11.1 Å². The van der Waals surface area contributed by atoms with E-state index in [9.17, 15) is 9.18 Å². The van der Waals surface area contributed by atoms with Crippen LogP contribution in [-0.2, 0) is 13.1 Å². The van der Waals surface area contributed by atoms with E-state index in [0.717, 1.165) is 33.1 Å². The predicted octanol–water partition coefficient (Wildman–Crippen LogP) is 4.81. The number of carbonyl (C=O) groups excluding carboxylic acids is 1. The summed E-state index contributed by atoms with van der Waals surface area (Å²) >= 11 is 0. The zero-order chi connectivity index (χ0) is 22.1. The molecule has 0 unspecified atom stereocenters. The van der Waals surface area contributed by atoms with E-state index >= 15 is 0 Å². The van der Waals surface area contributed by atoms with E-state index < -0.39 is 11.8 Å². The Morgan fingerprint density at radius 2 is 1.94 bits per heavy atom. The Kier molecular flexibility index (Phi) is 5.04. The summed E-state index contributed by atoms with van der Waals surface area (Å²) in [6.45, 7) is 0.920. The molecular weight excluding hydrogens is 407 g/mol. The Balaban J connectivity index is 1.40. The lowest BCUT2D eigenvalue weighted by atomic mass is 10.2. The Morgan fingerprint density at radius 3 is 2.81 bits per heavy atom. The summed E-state index contributed by atoms with van der Waals surface area (Å²) in [5.74, 6) is -0.518. The van der Waals surface area contributed by atoms with Gasteiger partial charge < -0.3 is 25.9 Å². The van der Waals surface area contributed by atoms with Gasteiger partial charge >= 0.3 is 6.03 Å². The summed E-state index contributed by atoms with van der Waals surface area (Å²) in [6, 6.07) is 15.5. The molecule has 0 atom stereocenters. The molecule has 8 heteroatoms. The number of hydrogen-bond acceptors (Lipinski definition) is 3. The highest BCUT2D eigenvalue weighted by Gasteiger charge is 2.12. The molecule has 0 radical (unpaired) electrons. The zero-order valence-corrected chi connectivity index (χ0v) is 17.1. The maximum atomic E-state index is 14.1. The Hall–Kier alpha value is -4.17. The molecule has 5 aromatic rings. The largest absolute Gasteiger partial charge is 0.346 e. The van der Waals surface area contributed by atoms with Crippen LogP contribution in [0.25, 0.3) is 21.9 Å². The van der Waals surface area contributed by atoms with Gasteiger partial charge in [0.05, 0.1) is 16.9 Å². The second kappa shape index (κ2) is 8.16. The van der Waals surface area contributed by atoms with Crippen LogP contribution in [0.4, 0.5) is 20.6 Å². The van der Waals surface area contributed by atoms with E-state index in [1.807, 2.05) is 48.8 Å². The van der Waals surface area contributed by atoms with Gasteiger partial charge in [-0.05, 0) is 53.6 Å². The molecule has 0 aliphatic carbocycles. The van der Waals surface area contributed by atoms with Crippen LogP contribution < -0.4 is 16.4 Å². The summed E-state index contributed by atoms with van der Waals surface area (Å²) in [6.07, 6.45) is 5.65. The molecule has 0 bridgehead atoms. The molecule has 5 N–H and O–H groups in total. The number of H-pyrrole nitrogens is 1. The number of urea groups is 1. The van der Waals surface area contributed by atoms with Gasteiger partial charge in [-0.15, -0.1) is 0 Å². The van der Waals surface area contributed by atoms with Crippen LogP contribution in [0.2, 0.25) is 0 Å². The first kappa shape index (κ1) is 19.8. The highest BCUT2D eigenvalue weighted by Crippen LogP contribution is 2.27. The minimum Gasteiger partial charge on any atom is -0.346 e. The molecule has 2 amide bonds. The zero-order valence-electron chi connectivity index (χ0n) is 17.1. The first-order valence-electron chi connectivity index (χ1n) is 10.2. The third-order valence-corrected chi connectivity index (χ3v) is 5.47. The number of benzene rings is 2. The molecule has 160 valence electrons. The van der Waals surface area contributed by atoms with E-state index in [0.29, 0.717) is 12.2 Å². The predicted molar refractivity (Wildman–Crippen MR) is 124 cm³/mol. The van der Waals surface area contributed by atoms with Gasteiger partial charge in [0, 0.05) is 42.5 Å². The summed E-state index contributed by atoms with van der Waals surface area (Å²) in [4.78, 5) is 20.0. The smallest absolute Gasteiger partial charge is 0.323 e. The van der Waals surface area contributed by atoms with Crippen molar-refractivity contribution in [3.8, 4) is 0 Å². The molecular formula is C24H21FN6O. The number of halogens is 1. The minimum atomic E-state index is -0.526. The monoisotopic (exact) mass is 428 g/mol. The van der Waals surface area contributed by atoms with Crippen LogP contribution in [0.5, 0.6) is 0 Å². The quantitative estimate of drug-likeness (QED) is 0.323. The molecule has 5 rings (SSSR count). The van der Waals surface area contributed by atoms with Crippen molar-refractivity contribution in [1.82, 2.24) is 14.5 Å². The average Bonchev–Trinajstić information content (AvgIpc) is 3.44. The van der Waals surface area contributed by atoms with Crippen molar-refractivity contribution < 1.29 is 9.18 Å². The van der Waals surface area contributed by atoms with Crippen LogP contribution in [0.15, 0.2) is 73.2 Å². The molecule has 3 aromatic heterocycles. The highest BCUT2D eigenvalue weighted by molar-refractivity contribution is 6.06. The van der Waals surface area contributed by atoms with Gasteiger partial charge in [-0.2, -0.15) is 0 Å². The maximum Gasteiger partial charge on any atom is 0.323 e. The molecule has 0 spiro atoms. The van der Waals surface area contributed by atoms with Gasteiger partial charge in [-0.1, -0.05) is 12.1 Å². The van der Waals surface area contributed by atoms with Crippen molar-refractivity contribution in [2.45, 2.75) is 13.1 Å². The molecule has 0 fully saturated rings. The van der Waals surface area contributed by atoms with E-state index in [4.69, 9.17) is 5.73 Å². The Morgan fingerprint density at radius 1 is 1.06 bits per heavy atom. The molecule has 2 aromatic carbocycles. The van der Waals surface area contributed by atoms with Crippen LogP contribution in [0.3, 0.4) is 0 Å². The fourth-order valence-electron chi connectivity index (χ4n) is 3.88. The number of nitrogens with zero attached hydrogens (tertiary/aromatic N) is 2. The van der Waals surface area contributed by atoms with Crippen molar-refractivity contribution >= 4 is 39.3 Å². The maximum absolute atomic E-state index is 14.1. The number of pyridine rings is 1. The van der Waals surface area contributed by atoms with Gasteiger partial charge in [0.2, 0.25) is 0 Å². The van der Waals surface area contributed by atoms with Gasteiger partial charge in [0.1, 0.15) is 11.5 Å². The van der Waals surface area contributed by atoms with Gasteiger partial charge in [0.25, 0.3) is 0 Å². The Labute approximate surface area is 183 Å². The first-order chi connectivity index (χ1) is 15.6. The molecule has 0 aliphatic heterocycles. The summed E-state index contributed by atoms with van der Waals surface area (Å²) < 4.78 is 16.2.